The van der Waals surface area contributed by atoms with Crippen LogP contribution in [0.2, 0.25) is 0 Å². The lowest BCUT2D eigenvalue weighted by atomic mass is 9.98. The minimum absolute atomic E-state index is 0.720. The van der Waals surface area contributed by atoms with E-state index in [9.17, 15) is 0 Å². The first-order valence-corrected chi connectivity index (χ1v) is 11.1. The molecule has 0 aromatic carbocycles. The van der Waals surface area contributed by atoms with E-state index >= 15 is 0 Å². The van der Waals surface area contributed by atoms with Crippen molar-refractivity contribution in [3.05, 3.63) is 0 Å². The van der Waals surface area contributed by atoms with Gasteiger partial charge in [-0.2, -0.15) is 0 Å². The van der Waals surface area contributed by atoms with Gasteiger partial charge in [-0.3, -0.25) is 19.6 Å². The monoisotopic (exact) mass is 348 g/mol. The lowest BCUT2D eigenvalue weighted by Gasteiger charge is -2.41. The molecule has 4 heterocycles. The van der Waals surface area contributed by atoms with E-state index in [4.69, 9.17) is 0 Å². The molecule has 4 saturated heterocycles. The highest BCUT2D eigenvalue weighted by molar-refractivity contribution is 4.92. The van der Waals surface area contributed by atoms with Crippen LogP contribution in [0.15, 0.2) is 0 Å². The Bertz CT molecular complexity index is 440. The molecule has 144 valence electrons. The predicted octanol–water partition coefficient (Wildman–Crippen LogP) is 2.35. The summed E-state index contributed by atoms with van der Waals surface area (Å²) in [7, 11) is 0. The summed E-state index contributed by atoms with van der Waals surface area (Å²) in [6.45, 7) is 17.9. The second-order valence-corrected chi connectivity index (χ2v) is 9.59. The van der Waals surface area contributed by atoms with E-state index in [1.165, 1.54) is 84.5 Å². The maximum absolute atomic E-state index is 2.83. The zero-order chi connectivity index (χ0) is 17.4. The molecule has 0 N–H and O–H groups in total. The highest BCUT2D eigenvalue weighted by Crippen LogP contribution is 2.29. The normalized spacial score (nSPS) is 37.2. The molecular formula is C21H40N4. The van der Waals surface area contributed by atoms with E-state index in [0.717, 1.165) is 30.1 Å². The maximum Gasteiger partial charge on any atom is 0.0235 e. The number of hydrogen-bond donors (Lipinski definition) is 0. The van der Waals surface area contributed by atoms with Crippen molar-refractivity contribution in [3.63, 3.8) is 0 Å². The standard InChI is InChI=1S/C21H40N4/c1-17(2)23-10-7-21(15-23)25-9-6-19(14-25)13-18(3)24-12-11-22-8-4-5-20(22)16-24/h17-21H,4-16H2,1-3H3/t18-,19?,20-,21?/m0/s1. The van der Waals surface area contributed by atoms with E-state index in [2.05, 4.69) is 40.4 Å². The molecule has 4 atom stereocenters. The highest BCUT2D eigenvalue weighted by atomic mass is 15.3. The topological polar surface area (TPSA) is 13.0 Å². The van der Waals surface area contributed by atoms with Crippen molar-refractivity contribution >= 4 is 0 Å². The molecule has 0 radical (unpaired) electrons. The molecule has 0 bridgehead atoms. The Morgan fingerprint density at radius 2 is 1.52 bits per heavy atom. The van der Waals surface area contributed by atoms with Crippen molar-refractivity contribution < 1.29 is 0 Å². The third kappa shape index (κ3) is 4.07. The molecular weight excluding hydrogens is 308 g/mol. The van der Waals surface area contributed by atoms with Crippen molar-refractivity contribution in [2.45, 2.75) is 77.0 Å². The quantitative estimate of drug-likeness (QED) is 0.756. The van der Waals surface area contributed by atoms with Crippen LogP contribution in [0.5, 0.6) is 0 Å². The second-order valence-electron chi connectivity index (χ2n) is 9.59. The fourth-order valence-corrected chi connectivity index (χ4v) is 5.97. The lowest BCUT2D eigenvalue weighted by molar-refractivity contribution is 0.0682. The lowest BCUT2D eigenvalue weighted by Crippen LogP contribution is -2.53. The Balaban J connectivity index is 1.23. The fraction of sp³-hybridized carbons (Fsp3) is 1.00. The van der Waals surface area contributed by atoms with Crippen LogP contribution in [0.25, 0.3) is 0 Å². The van der Waals surface area contributed by atoms with Crippen molar-refractivity contribution in [2.75, 3.05) is 52.4 Å². The minimum atomic E-state index is 0.720. The van der Waals surface area contributed by atoms with Crippen molar-refractivity contribution in [1.29, 1.82) is 0 Å². The summed E-state index contributed by atoms with van der Waals surface area (Å²) in [4.78, 5) is 11.0. The van der Waals surface area contributed by atoms with Gasteiger partial charge in [0.2, 0.25) is 0 Å². The van der Waals surface area contributed by atoms with E-state index in [1.54, 1.807) is 0 Å². The fourth-order valence-electron chi connectivity index (χ4n) is 5.97. The summed E-state index contributed by atoms with van der Waals surface area (Å²) in [6.07, 6.45) is 7.12. The van der Waals surface area contributed by atoms with Gasteiger partial charge >= 0.3 is 0 Å². The van der Waals surface area contributed by atoms with Crippen LogP contribution in [0.3, 0.4) is 0 Å². The Kier molecular flexibility index (Phi) is 5.71. The van der Waals surface area contributed by atoms with Crippen molar-refractivity contribution in [1.82, 2.24) is 19.6 Å². The molecule has 0 amide bonds. The van der Waals surface area contributed by atoms with E-state index < -0.39 is 0 Å². The van der Waals surface area contributed by atoms with E-state index in [-0.39, 0.29) is 0 Å². The molecule has 0 aromatic rings. The van der Waals surface area contributed by atoms with Crippen LogP contribution in [-0.2, 0) is 0 Å². The molecule has 25 heavy (non-hydrogen) atoms. The number of hydrogen-bond acceptors (Lipinski definition) is 4. The summed E-state index contributed by atoms with van der Waals surface area (Å²) in [6, 6.07) is 3.21. The third-order valence-electron chi connectivity index (χ3n) is 7.68. The van der Waals surface area contributed by atoms with Gasteiger partial charge in [-0.1, -0.05) is 0 Å². The van der Waals surface area contributed by atoms with Gasteiger partial charge in [0.1, 0.15) is 0 Å². The molecule has 4 heteroatoms. The van der Waals surface area contributed by atoms with Gasteiger partial charge in [0.05, 0.1) is 0 Å². The van der Waals surface area contributed by atoms with Gasteiger partial charge in [0.15, 0.2) is 0 Å². The number of nitrogens with zero attached hydrogens (tertiary/aromatic N) is 4. The number of likely N-dealkylation sites (tertiary alicyclic amines) is 2. The first-order valence-electron chi connectivity index (χ1n) is 11.1. The molecule has 0 saturated carbocycles. The largest absolute Gasteiger partial charge is 0.299 e. The maximum atomic E-state index is 2.83. The molecule has 4 aliphatic heterocycles. The molecule has 0 spiro atoms. The van der Waals surface area contributed by atoms with Crippen LogP contribution in [0.1, 0.15) is 52.9 Å². The van der Waals surface area contributed by atoms with Gasteiger partial charge in [-0.05, 0) is 71.9 Å². The van der Waals surface area contributed by atoms with Gasteiger partial charge in [-0.15, -0.1) is 0 Å². The molecule has 4 nitrogen and oxygen atoms in total. The SMILES string of the molecule is CC(C)N1CCC(N2CCC(C[C@H](C)N3CCN4CCC[C@H]4C3)C2)C1. The van der Waals surface area contributed by atoms with Gasteiger partial charge in [0.25, 0.3) is 0 Å². The van der Waals surface area contributed by atoms with Crippen molar-refractivity contribution in [2.24, 2.45) is 5.92 Å². The Morgan fingerprint density at radius 3 is 2.32 bits per heavy atom. The zero-order valence-corrected chi connectivity index (χ0v) is 16.9. The number of piperazine rings is 1. The number of fused-ring (bicyclic) bond motifs is 1. The third-order valence-corrected chi connectivity index (χ3v) is 7.68. The molecule has 0 aliphatic carbocycles. The highest BCUT2D eigenvalue weighted by Gasteiger charge is 2.36. The minimum Gasteiger partial charge on any atom is -0.299 e. The van der Waals surface area contributed by atoms with Gasteiger partial charge in [0, 0.05) is 63.4 Å². The van der Waals surface area contributed by atoms with Crippen LogP contribution < -0.4 is 0 Å². The Hall–Kier alpha value is -0.160. The summed E-state index contributed by atoms with van der Waals surface area (Å²) >= 11 is 0. The predicted molar refractivity (Wildman–Crippen MR) is 105 cm³/mol. The van der Waals surface area contributed by atoms with E-state index in [1.807, 2.05) is 0 Å². The first-order chi connectivity index (χ1) is 12.1. The summed E-state index contributed by atoms with van der Waals surface area (Å²) in [5.74, 6) is 0.935. The summed E-state index contributed by atoms with van der Waals surface area (Å²) in [5.41, 5.74) is 0. The molecule has 4 aliphatic rings. The summed E-state index contributed by atoms with van der Waals surface area (Å²) < 4.78 is 0. The average molecular weight is 349 g/mol. The number of rotatable bonds is 5. The Labute approximate surface area is 155 Å². The van der Waals surface area contributed by atoms with E-state index in [0.29, 0.717) is 0 Å². The van der Waals surface area contributed by atoms with Gasteiger partial charge in [-0.25, -0.2) is 0 Å². The van der Waals surface area contributed by atoms with Crippen LogP contribution in [-0.4, -0.2) is 96.1 Å². The average Bonchev–Trinajstić information content (AvgIpc) is 3.33. The van der Waals surface area contributed by atoms with Crippen LogP contribution >= 0.6 is 0 Å². The first kappa shape index (κ1) is 18.2. The summed E-state index contributed by atoms with van der Waals surface area (Å²) in [5, 5.41) is 0. The molecule has 0 aromatic heterocycles. The van der Waals surface area contributed by atoms with Crippen LogP contribution in [0, 0.1) is 5.92 Å². The molecule has 2 unspecified atom stereocenters. The molecule has 4 fully saturated rings. The van der Waals surface area contributed by atoms with Crippen LogP contribution in [0.4, 0.5) is 0 Å². The Morgan fingerprint density at radius 1 is 0.720 bits per heavy atom. The van der Waals surface area contributed by atoms with Crippen molar-refractivity contribution in [3.8, 4) is 0 Å². The zero-order valence-electron chi connectivity index (χ0n) is 16.9. The smallest absolute Gasteiger partial charge is 0.0235 e. The molecule has 4 rings (SSSR count). The second kappa shape index (κ2) is 7.84. The van der Waals surface area contributed by atoms with Gasteiger partial charge < -0.3 is 0 Å².